The van der Waals surface area contributed by atoms with E-state index in [9.17, 15) is 14.7 Å². The molecule has 0 fully saturated rings. The van der Waals surface area contributed by atoms with Crippen molar-refractivity contribution in [3.05, 3.63) is 65.2 Å². The van der Waals surface area contributed by atoms with Gasteiger partial charge in [0.05, 0.1) is 6.42 Å². The molecule has 1 aliphatic heterocycles. The molecule has 23 heavy (non-hydrogen) atoms. The van der Waals surface area contributed by atoms with Crippen LogP contribution in [0.15, 0.2) is 48.5 Å². The number of hydrogen-bond acceptors (Lipinski definition) is 3. The Balaban J connectivity index is 1.86. The number of anilines is 1. The lowest BCUT2D eigenvalue weighted by molar-refractivity contribution is -0.133. The lowest BCUT2D eigenvalue weighted by atomic mass is 9.88. The Labute approximate surface area is 135 Å². The van der Waals surface area contributed by atoms with Crippen molar-refractivity contribution in [3.8, 4) is 0 Å². The van der Waals surface area contributed by atoms with E-state index in [4.69, 9.17) is 0 Å². The van der Waals surface area contributed by atoms with Gasteiger partial charge in [-0.1, -0.05) is 56.3 Å². The van der Waals surface area contributed by atoms with Crippen LogP contribution < -0.4 is 5.32 Å². The van der Waals surface area contributed by atoms with Crippen molar-refractivity contribution in [2.24, 2.45) is 0 Å². The first-order valence-electron chi connectivity index (χ1n) is 7.68. The SMILES string of the molecule is CC(C)c1ccc(C(=O)C[C@]2(O)C(=O)Nc3ccccc32)cc1. The molecule has 2 N–H and O–H groups in total. The number of benzene rings is 2. The van der Waals surface area contributed by atoms with E-state index in [0.29, 0.717) is 22.7 Å². The summed E-state index contributed by atoms with van der Waals surface area (Å²) in [7, 11) is 0. The highest BCUT2D eigenvalue weighted by atomic mass is 16.3. The maximum atomic E-state index is 12.5. The molecule has 2 aromatic carbocycles. The van der Waals surface area contributed by atoms with Gasteiger partial charge < -0.3 is 10.4 Å². The molecule has 0 aliphatic carbocycles. The highest BCUT2D eigenvalue weighted by Crippen LogP contribution is 2.38. The van der Waals surface area contributed by atoms with E-state index in [0.717, 1.165) is 5.56 Å². The van der Waals surface area contributed by atoms with E-state index in [1.165, 1.54) is 0 Å². The van der Waals surface area contributed by atoms with E-state index >= 15 is 0 Å². The van der Waals surface area contributed by atoms with E-state index in [1.54, 1.807) is 36.4 Å². The van der Waals surface area contributed by atoms with Crippen LogP contribution in [0.25, 0.3) is 0 Å². The number of carbonyl (C=O) groups excluding carboxylic acids is 2. The quantitative estimate of drug-likeness (QED) is 0.852. The van der Waals surface area contributed by atoms with Gasteiger partial charge in [-0.15, -0.1) is 0 Å². The standard InChI is InChI=1S/C19H19NO3/c1-12(2)13-7-9-14(10-8-13)17(21)11-19(23)15-5-3-4-6-16(15)20-18(19)22/h3-10,12,23H,11H2,1-2H3,(H,20,22)/t19-/m1/s1. The number of para-hydroxylation sites is 1. The summed E-state index contributed by atoms with van der Waals surface area (Å²) in [6.07, 6.45) is -0.267. The Morgan fingerprint density at radius 3 is 2.43 bits per heavy atom. The number of rotatable bonds is 4. The van der Waals surface area contributed by atoms with Gasteiger partial charge in [-0.05, 0) is 17.5 Å². The zero-order valence-corrected chi connectivity index (χ0v) is 13.2. The molecule has 118 valence electrons. The van der Waals surface area contributed by atoms with Crippen molar-refractivity contribution in [2.45, 2.75) is 31.8 Å². The fraction of sp³-hybridized carbons (Fsp3) is 0.263. The summed E-state index contributed by atoms with van der Waals surface area (Å²) in [4.78, 5) is 24.7. The lowest BCUT2D eigenvalue weighted by Crippen LogP contribution is -2.36. The van der Waals surface area contributed by atoms with Crippen LogP contribution in [0.1, 0.15) is 47.7 Å². The van der Waals surface area contributed by atoms with Crippen molar-refractivity contribution in [1.29, 1.82) is 0 Å². The average molecular weight is 309 g/mol. The highest BCUT2D eigenvalue weighted by Gasteiger charge is 2.46. The Bertz CT molecular complexity index is 764. The minimum atomic E-state index is -1.80. The van der Waals surface area contributed by atoms with Crippen LogP contribution in [0.3, 0.4) is 0 Å². The second kappa shape index (κ2) is 5.63. The van der Waals surface area contributed by atoms with Gasteiger partial charge in [0.25, 0.3) is 5.91 Å². The Morgan fingerprint density at radius 1 is 1.13 bits per heavy atom. The fourth-order valence-corrected chi connectivity index (χ4v) is 2.86. The van der Waals surface area contributed by atoms with Gasteiger partial charge in [0.1, 0.15) is 0 Å². The van der Waals surface area contributed by atoms with Gasteiger partial charge in [0.15, 0.2) is 11.4 Å². The Kier molecular flexibility index (Phi) is 3.78. The van der Waals surface area contributed by atoms with Crippen LogP contribution in [0.2, 0.25) is 0 Å². The smallest absolute Gasteiger partial charge is 0.261 e. The molecule has 4 heteroatoms. The summed E-state index contributed by atoms with van der Waals surface area (Å²) in [5.41, 5.74) is 0.856. The largest absolute Gasteiger partial charge is 0.375 e. The first-order valence-corrected chi connectivity index (χ1v) is 7.68. The van der Waals surface area contributed by atoms with Crippen molar-refractivity contribution < 1.29 is 14.7 Å². The van der Waals surface area contributed by atoms with Crippen LogP contribution in [0.4, 0.5) is 5.69 Å². The number of carbonyl (C=O) groups is 2. The zero-order valence-electron chi connectivity index (χ0n) is 13.2. The number of hydrogen-bond donors (Lipinski definition) is 2. The van der Waals surface area contributed by atoms with Gasteiger partial charge in [-0.25, -0.2) is 0 Å². The number of aliphatic hydroxyl groups is 1. The second-order valence-electron chi connectivity index (χ2n) is 6.24. The van der Waals surface area contributed by atoms with Crippen molar-refractivity contribution in [1.82, 2.24) is 0 Å². The predicted octanol–water partition coefficient (Wildman–Crippen LogP) is 3.22. The molecule has 3 rings (SSSR count). The normalized spacial score (nSPS) is 19.6. The van der Waals surface area contributed by atoms with Crippen molar-refractivity contribution in [3.63, 3.8) is 0 Å². The first kappa shape index (κ1) is 15.4. The molecule has 0 aromatic heterocycles. The van der Waals surface area contributed by atoms with Gasteiger partial charge in [-0.3, -0.25) is 9.59 Å². The molecule has 4 nitrogen and oxygen atoms in total. The molecule has 1 amide bonds. The molecule has 1 atom stereocenters. The van der Waals surface area contributed by atoms with Gasteiger partial charge >= 0.3 is 0 Å². The molecular weight excluding hydrogens is 290 g/mol. The summed E-state index contributed by atoms with van der Waals surface area (Å²) in [5.74, 6) is -0.420. The van der Waals surface area contributed by atoms with Crippen molar-refractivity contribution in [2.75, 3.05) is 5.32 Å². The molecule has 0 spiro atoms. The fourth-order valence-electron chi connectivity index (χ4n) is 2.86. The molecule has 0 saturated heterocycles. The molecule has 0 unspecified atom stereocenters. The molecule has 2 aromatic rings. The molecule has 1 heterocycles. The summed E-state index contributed by atoms with van der Waals surface area (Å²) < 4.78 is 0. The minimum Gasteiger partial charge on any atom is -0.375 e. The van der Waals surface area contributed by atoms with Crippen LogP contribution >= 0.6 is 0 Å². The molecule has 1 aliphatic rings. The third kappa shape index (κ3) is 2.66. The number of ketones is 1. The zero-order chi connectivity index (χ0) is 16.6. The van der Waals surface area contributed by atoms with Crippen LogP contribution in [0, 0.1) is 0 Å². The maximum absolute atomic E-state index is 12.5. The van der Waals surface area contributed by atoms with Crippen LogP contribution in [0.5, 0.6) is 0 Å². The van der Waals surface area contributed by atoms with Gasteiger partial charge in [-0.2, -0.15) is 0 Å². The third-order valence-electron chi connectivity index (χ3n) is 4.31. The van der Waals surface area contributed by atoms with Crippen LogP contribution in [-0.2, 0) is 10.4 Å². The molecule has 0 bridgehead atoms. The van der Waals surface area contributed by atoms with E-state index in [2.05, 4.69) is 19.2 Å². The number of amides is 1. The Hall–Kier alpha value is -2.46. The monoisotopic (exact) mass is 309 g/mol. The second-order valence-corrected chi connectivity index (χ2v) is 6.24. The summed E-state index contributed by atoms with van der Waals surface area (Å²) in [5, 5.41) is 13.4. The van der Waals surface area contributed by atoms with Crippen LogP contribution in [-0.4, -0.2) is 16.8 Å². The molecule has 0 saturated carbocycles. The third-order valence-corrected chi connectivity index (χ3v) is 4.31. The van der Waals surface area contributed by atoms with E-state index in [-0.39, 0.29) is 12.2 Å². The predicted molar refractivity (Wildman–Crippen MR) is 88.4 cm³/mol. The van der Waals surface area contributed by atoms with Crippen molar-refractivity contribution >= 4 is 17.4 Å². The first-order chi connectivity index (χ1) is 10.9. The minimum absolute atomic E-state index is 0.255. The summed E-state index contributed by atoms with van der Waals surface area (Å²) in [6, 6.07) is 14.2. The molecular formula is C19H19NO3. The highest BCUT2D eigenvalue weighted by molar-refractivity contribution is 6.09. The summed E-state index contributed by atoms with van der Waals surface area (Å²) >= 11 is 0. The van der Waals surface area contributed by atoms with E-state index < -0.39 is 11.5 Å². The number of nitrogens with one attached hydrogen (secondary N) is 1. The van der Waals surface area contributed by atoms with Gasteiger partial charge in [0, 0.05) is 16.8 Å². The summed E-state index contributed by atoms with van der Waals surface area (Å²) in [6.45, 7) is 4.17. The van der Waals surface area contributed by atoms with Gasteiger partial charge in [0.2, 0.25) is 0 Å². The lowest BCUT2D eigenvalue weighted by Gasteiger charge is -2.20. The number of fused-ring (bicyclic) bond motifs is 1. The Morgan fingerprint density at radius 2 is 1.78 bits per heavy atom. The average Bonchev–Trinajstić information content (AvgIpc) is 2.79. The molecule has 0 radical (unpaired) electrons. The number of Topliss-reactive ketones (excluding diaryl/α,β-unsaturated/α-hetero) is 1. The maximum Gasteiger partial charge on any atom is 0.261 e. The van der Waals surface area contributed by atoms with E-state index in [1.807, 2.05) is 12.1 Å². The topological polar surface area (TPSA) is 66.4 Å².